The molecular formula is C32H24N8O2. The zero-order valence-corrected chi connectivity index (χ0v) is 22.5. The lowest BCUT2D eigenvalue weighted by atomic mass is 10.1. The Labute approximate surface area is 239 Å². The maximum absolute atomic E-state index is 12.6. The van der Waals surface area contributed by atoms with Gasteiger partial charge in [-0.1, -0.05) is 42.5 Å². The lowest BCUT2D eigenvalue weighted by Crippen LogP contribution is -2.14. The topological polar surface area (TPSA) is 134 Å². The van der Waals surface area contributed by atoms with Gasteiger partial charge in [-0.05, 0) is 41.5 Å². The largest absolute Gasteiger partial charge is 0.497 e. The van der Waals surface area contributed by atoms with Gasteiger partial charge in [0.05, 0.1) is 53.9 Å². The molecule has 10 heteroatoms. The number of pyridine rings is 3. The van der Waals surface area contributed by atoms with Gasteiger partial charge >= 0.3 is 0 Å². The third-order valence-corrected chi connectivity index (χ3v) is 6.93. The number of benzene rings is 2. The summed E-state index contributed by atoms with van der Waals surface area (Å²) in [5.41, 5.74) is 8.35. The van der Waals surface area contributed by atoms with E-state index in [4.69, 9.17) is 14.7 Å². The minimum atomic E-state index is -0.117. The number of imidazole rings is 1. The van der Waals surface area contributed by atoms with Gasteiger partial charge in [-0.25, -0.2) is 9.97 Å². The highest BCUT2D eigenvalue weighted by molar-refractivity contribution is 5.96. The van der Waals surface area contributed by atoms with E-state index in [1.165, 1.54) is 0 Å². The lowest BCUT2D eigenvalue weighted by Gasteiger charge is -2.07. The molecule has 5 aromatic heterocycles. The zero-order valence-electron chi connectivity index (χ0n) is 22.5. The van der Waals surface area contributed by atoms with Gasteiger partial charge in [0.1, 0.15) is 11.3 Å². The molecule has 5 heterocycles. The fourth-order valence-electron chi connectivity index (χ4n) is 4.91. The molecule has 0 aliphatic heterocycles. The van der Waals surface area contributed by atoms with Crippen LogP contribution in [0.1, 0.15) is 5.56 Å². The molecule has 204 valence electrons. The fraction of sp³-hybridized carbons (Fsp3) is 0.0625. The number of carbonyl (C=O) groups excluding carboxylic acids is 1. The molecule has 0 fully saturated rings. The summed E-state index contributed by atoms with van der Waals surface area (Å²) in [6.45, 7) is 0. The molecule has 0 aliphatic carbocycles. The fourth-order valence-corrected chi connectivity index (χ4v) is 4.91. The van der Waals surface area contributed by atoms with Crippen LogP contribution >= 0.6 is 0 Å². The van der Waals surface area contributed by atoms with E-state index in [2.05, 4.69) is 30.5 Å². The Kier molecular flexibility index (Phi) is 6.32. The first-order chi connectivity index (χ1) is 20.6. The molecule has 7 aromatic rings. The molecule has 10 nitrogen and oxygen atoms in total. The third-order valence-electron chi connectivity index (χ3n) is 6.93. The van der Waals surface area contributed by atoms with Crippen molar-refractivity contribution in [3.8, 4) is 39.7 Å². The molecule has 0 aliphatic rings. The Bertz CT molecular complexity index is 2070. The second-order valence-corrected chi connectivity index (χ2v) is 9.74. The van der Waals surface area contributed by atoms with Crippen molar-refractivity contribution < 1.29 is 9.53 Å². The van der Waals surface area contributed by atoms with Crippen molar-refractivity contribution in [3.63, 3.8) is 0 Å². The standard InChI is InChI=1S/C32H24N8O2/c1-42-23-9-5-8-20(14-23)24-17-34-18-27-29(24)38-32(37-27)31-30-26(39-40-31)11-10-25(36-30)21-13-22(16-33-15-21)35-28(41)12-19-6-3-2-4-7-19/h2-11,13-18H,12H2,1H3,(H,35,41)(H,37,38)(H,39,40). The van der Waals surface area contributed by atoms with Crippen molar-refractivity contribution in [2.75, 3.05) is 12.4 Å². The minimum Gasteiger partial charge on any atom is -0.497 e. The molecule has 1 amide bonds. The van der Waals surface area contributed by atoms with Gasteiger partial charge in [0, 0.05) is 23.5 Å². The van der Waals surface area contributed by atoms with Crippen LogP contribution in [-0.4, -0.2) is 48.1 Å². The second kappa shape index (κ2) is 10.6. The normalized spacial score (nSPS) is 11.2. The Hall–Kier alpha value is -5.90. The molecule has 0 unspecified atom stereocenters. The van der Waals surface area contributed by atoms with Crippen LogP contribution in [0.25, 0.3) is 56.0 Å². The predicted molar refractivity (Wildman–Crippen MR) is 161 cm³/mol. The molecule has 0 saturated carbocycles. The molecule has 42 heavy (non-hydrogen) atoms. The van der Waals surface area contributed by atoms with Gasteiger partial charge in [0.25, 0.3) is 0 Å². The van der Waals surface area contributed by atoms with E-state index >= 15 is 0 Å². The van der Waals surface area contributed by atoms with Crippen molar-refractivity contribution in [1.82, 2.24) is 35.1 Å². The van der Waals surface area contributed by atoms with Gasteiger partial charge < -0.3 is 15.0 Å². The number of hydrogen-bond donors (Lipinski definition) is 3. The lowest BCUT2D eigenvalue weighted by molar-refractivity contribution is -0.115. The molecular weight excluding hydrogens is 528 g/mol. The van der Waals surface area contributed by atoms with E-state index in [0.29, 0.717) is 28.4 Å². The van der Waals surface area contributed by atoms with E-state index in [0.717, 1.165) is 44.6 Å². The molecule has 7 rings (SSSR count). The molecule has 0 spiro atoms. The van der Waals surface area contributed by atoms with Gasteiger partial charge in [-0.15, -0.1) is 0 Å². The van der Waals surface area contributed by atoms with Crippen LogP contribution in [0.4, 0.5) is 5.69 Å². The van der Waals surface area contributed by atoms with Gasteiger partial charge in [0.15, 0.2) is 11.5 Å². The highest BCUT2D eigenvalue weighted by Crippen LogP contribution is 2.32. The second-order valence-electron chi connectivity index (χ2n) is 9.74. The summed E-state index contributed by atoms with van der Waals surface area (Å²) >= 11 is 0. The first-order valence-corrected chi connectivity index (χ1v) is 13.3. The van der Waals surface area contributed by atoms with E-state index in [-0.39, 0.29) is 12.3 Å². The average Bonchev–Trinajstić information content (AvgIpc) is 3.65. The van der Waals surface area contributed by atoms with Crippen molar-refractivity contribution in [1.29, 1.82) is 0 Å². The number of hydrogen-bond acceptors (Lipinski definition) is 7. The highest BCUT2D eigenvalue weighted by atomic mass is 16.5. The summed E-state index contributed by atoms with van der Waals surface area (Å²) in [6, 6.07) is 23.1. The number of nitrogens with one attached hydrogen (secondary N) is 3. The summed E-state index contributed by atoms with van der Waals surface area (Å²) in [5.74, 6) is 1.20. The van der Waals surface area contributed by atoms with Crippen molar-refractivity contribution >= 4 is 33.7 Å². The quantitative estimate of drug-likeness (QED) is 0.227. The number of carbonyl (C=O) groups is 1. The summed E-state index contributed by atoms with van der Waals surface area (Å²) in [7, 11) is 1.64. The van der Waals surface area contributed by atoms with Crippen molar-refractivity contribution in [3.05, 3.63) is 103 Å². The van der Waals surface area contributed by atoms with Crippen molar-refractivity contribution in [2.45, 2.75) is 6.42 Å². The number of anilines is 1. The molecule has 0 radical (unpaired) electrons. The van der Waals surface area contributed by atoms with Gasteiger partial charge in [-0.2, -0.15) is 5.10 Å². The van der Waals surface area contributed by atoms with Crippen LogP contribution in [0, 0.1) is 0 Å². The first kappa shape index (κ1) is 25.1. The monoisotopic (exact) mass is 552 g/mol. The SMILES string of the molecule is COc1cccc(-c2cncc3[nH]c(-c4n[nH]c5ccc(-c6cncc(NC(=O)Cc7ccccc7)c6)nc45)nc23)c1. The molecule has 0 atom stereocenters. The van der Waals surface area contributed by atoms with E-state index in [1.54, 1.807) is 31.9 Å². The minimum absolute atomic E-state index is 0.117. The van der Waals surface area contributed by atoms with E-state index < -0.39 is 0 Å². The Morgan fingerprint density at radius 1 is 0.833 bits per heavy atom. The molecule has 2 aromatic carbocycles. The number of nitrogens with zero attached hydrogens (tertiary/aromatic N) is 5. The van der Waals surface area contributed by atoms with Crippen LogP contribution < -0.4 is 10.1 Å². The van der Waals surface area contributed by atoms with E-state index in [1.807, 2.05) is 72.8 Å². The molecule has 3 N–H and O–H groups in total. The zero-order chi connectivity index (χ0) is 28.5. The summed E-state index contributed by atoms with van der Waals surface area (Å²) in [6.07, 6.45) is 7.15. The predicted octanol–water partition coefficient (Wildman–Crippen LogP) is 5.82. The average molecular weight is 553 g/mol. The number of amides is 1. The number of H-pyrrole nitrogens is 2. The number of rotatable bonds is 7. The Morgan fingerprint density at radius 2 is 1.71 bits per heavy atom. The smallest absolute Gasteiger partial charge is 0.228 e. The van der Waals surface area contributed by atoms with Crippen LogP contribution in [0.2, 0.25) is 0 Å². The van der Waals surface area contributed by atoms with Crippen LogP contribution in [-0.2, 0) is 11.2 Å². The third kappa shape index (κ3) is 4.81. The Morgan fingerprint density at radius 3 is 2.60 bits per heavy atom. The summed E-state index contributed by atoms with van der Waals surface area (Å²) < 4.78 is 5.40. The molecule has 0 bridgehead atoms. The van der Waals surface area contributed by atoms with Gasteiger partial charge in [-0.3, -0.25) is 19.9 Å². The number of ether oxygens (including phenoxy) is 1. The number of aromatic amines is 2. The van der Waals surface area contributed by atoms with Crippen LogP contribution in [0.5, 0.6) is 5.75 Å². The maximum Gasteiger partial charge on any atom is 0.228 e. The number of methoxy groups -OCH3 is 1. The Balaban J connectivity index is 1.21. The van der Waals surface area contributed by atoms with Crippen molar-refractivity contribution in [2.24, 2.45) is 0 Å². The maximum atomic E-state index is 12.6. The van der Waals surface area contributed by atoms with Gasteiger partial charge in [0.2, 0.25) is 5.91 Å². The highest BCUT2D eigenvalue weighted by Gasteiger charge is 2.18. The number of fused-ring (bicyclic) bond motifs is 2. The van der Waals surface area contributed by atoms with Crippen LogP contribution in [0.15, 0.2) is 97.6 Å². The van der Waals surface area contributed by atoms with Crippen LogP contribution in [0.3, 0.4) is 0 Å². The summed E-state index contributed by atoms with van der Waals surface area (Å²) in [5, 5.41) is 10.5. The summed E-state index contributed by atoms with van der Waals surface area (Å²) in [4.78, 5) is 34.5. The van der Waals surface area contributed by atoms with E-state index in [9.17, 15) is 4.79 Å². The first-order valence-electron chi connectivity index (χ1n) is 13.3. The molecule has 0 saturated heterocycles. The number of aromatic nitrogens is 7.